The Balaban J connectivity index is 1.57. The van der Waals surface area contributed by atoms with Gasteiger partial charge in [-0.2, -0.15) is 0 Å². The van der Waals surface area contributed by atoms with E-state index in [4.69, 9.17) is 11.6 Å². The molecule has 1 atom stereocenters. The smallest absolute Gasteiger partial charge is 0.282 e. The molecule has 31 heavy (non-hydrogen) atoms. The zero-order valence-corrected chi connectivity index (χ0v) is 17.5. The third kappa shape index (κ3) is 3.92. The zero-order chi connectivity index (χ0) is 22.5. The van der Waals surface area contributed by atoms with E-state index in [9.17, 15) is 28.6 Å². The van der Waals surface area contributed by atoms with Crippen LogP contribution in [0, 0.1) is 6.92 Å². The summed E-state index contributed by atoms with van der Waals surface area (Å²) in [6.45, 7) is 1.14. The van der Waals surface area contributed by atoms with Crippen LogP contribution in [0.3, 0.4) is 0 Å². The minimum atomic E-state index is -2.82. The highest BCUT2D eigenvalue weighted by molar-refractivity contribution is 6.32. The van der Waals surface area contributed by atoms with Gasteiger partial charge in [0, 0.05) is 18.2 Å². The largest absolute Gasteiger partial charge is 0.507 e. The minimum absolute atomic E-state index is 0.00198. The molecule has 0 aliphatic carbocycles. The summed E-state index contributed by atoms with van der Waals surface area (Å²) in [7, 11) is 0. The first kappa shape index (κ1) is 21.4. The van der Waals surface area contributed by atoms with Gasteiger partial charge in [-0.1, -0.05) is 17.7 Å². The summed E-state index contributed by atoms with van der Waals surface area (Å²) in [6, 6.07) is 7.01. The highest BCUT2D eigenvalue weighted by atomic mass is 35.5. The number of benzene rings is 2. The van der Waals surface area contributed by atoms with E-state index in [1.54, 1.807) is 23.1 Å². The van der Waals surface area contributed by atoms with Crippen molar-refractivity contribution in [1.82, 2.24) is 9.80 Å². The lowest BCUT2D eigenvalue weighted by molar-refractivity contribution is -0.113. The van der Waals surface area contributed by atoms with Crippen molar-refractivity contribution in [3.8, 4) is 11.5 Å². The van der Waals surface area contributed by atoms with E-state index in [1.165, 1.54) is 6.07 Å². The molecule has 0 aromatic heterocycles. The van der Waals surface area contributed by atoms with Crippen molar-refractivity contribution in [3.05, 3.63) is 57.6 Å². The minimum Gasteiger partial charge on any atom is -0.507 e. The van der Waals surface area contributed by atoms with Crippen LogP contribution in [0.4, 0.5) is 8.78 Å². The van der Waals surface area contributed by atoms with Gasteiger partial charge in [0.25, 0.3) is 17.7 Å². The number of nitrogens with zero attached hydrogens (tertiary/aromatic N) is 2. The molecule has 0 radical (unpaired) electrons. The Bertz CT molecular complexity index is 1070. The summed E-state index contributed by atoms with van der Waals surface area (Å²) < 4.78 is 26.1. The number of halogens is 3. The highest BCUT2D eigenvalue weighted by Gasteiger charge is 2.46. The quantitative estimate of drug-likeness (QED) is 0.736. The van der Waals surface area contributed by atoms with E-state index in [2.05, 4.69) is 0 Å². The molecule has 0 bridgehead atoms. The molecule has 2 aliphatic rings. The van der Waals surface area contributed by atoms with Gasteiger partial charge in [-0.15, -0.1) is 0 Å². The van der Waals surface area contributed by atoms with Crippen LogP contribution in [0.5, 0.6) is 11.5 Å². The Hall–Kier alpha value is -2.87. The van der Waals surface area contributed by atoms with E-state index in [0.29, 0.717) is 18.5 Å². The summed E-state index contributed by atoms with van der Waals surface area (Å²) in [4.78, 5) is 28.2. The standard InChI is InChI=1S/C22H21ClF2N2O4/c1-12-7-13(20(30)26-10-22(24,25)11-26)4-5-14(12)17-3-2-6-27(17)21(31)15-8-16(23)19(29)9-18(15)28/h4-5,7-9,17,28-29H,2-3,6,10-11H2,1H3/t17-/m1/s1. The molecule has 2 aromatic carbocycles. The molecule has 4 rings (SSSR count). The molecule has 0 unspecified atom stereocenters. The van der Waals surface area contributed by atoms with Crippen LogP contribution in [0.15, 0.2) is 30.3 Å². The Labute approximate surface area is 182 Å². The fourth-order valence-corrected chi connectivity index (χ4v) is 4.39. The lowest BCUT2D eigenvalue weighted by atomic mass is 9.96. The number of phenolic OH excluding ortho intramolecular Hbond substituents is 2. The number of hydrogen-bond donors (Lipinski definition) is 2. The number of amides is 2. The van der Waals surface area contributed by atoms with E-state index < -0.39 is 30.8 Å². The lowest BCUT2D eigenvalue weighted by Crippen LogP contribution is -2.58. The van der Waals surface area contributed by atoms with Gasteiger partial charge < -0.3 is 20.0 Å². The van der Waals surface area contributed by atoms with Crippen LogP contribution in [0.2, 0.25) is 5.02 Å². The van der Waals surface area contributed by atoms with Gasteiger partial charge in [0.2, 0.25) is 0 Å². The van der Waals surface area contributed by atoms with Gasteiger partial charge in [-0.05, 0) is 49.1 Å². The molecule has 2 aromatic rings. The molecule has 2 aliphatic heterocycles. The fourth-order valence-electron chi connectivity index (χ4n) is 4.23. The lowest BCUT2D eigenvalue weighted by Gasteiger charge is -2.38. The number of alkyl halides is 2. The van der Waals surface area contributed by atoms with E-state index >= 15 is 0 Å². The van der Waals surface area contributed by atoms with E-state index in [-0.39, 0.29) is 28.1 Å². The summed E-state index contributed by atoms with van der Waals surface area (Å²) in [5, 5.41) is 19.7. The number of carbonyl (C=O) groups excluding carboxylic acids is 2. The second-order valence-electron chi connectivity index (χ2n) is 8.07. The number of aromatic hydroxyl groups is 2. The summed E-state index contributed by atoms with van der Waals surface area (Å²) >= 11 is 5.91. The third-order valence-electron chi connectivity index (χ3n) is 5.82. The predicted molar refractivity (Wildman–Crippen MR) is 110 cm³/mol. The maximum absolute atomic E-state index is 13.1. The summed E-state index contributed by atoms with van der Waals surface area (Å²) in [6.07, 6.45) is 1.46. The number of likely N-dealkylation sites (tertiary alicyclic amines) is 2. The maximum Gasteiger partial charge on any atom is 0.282 e. The van der Waals surface area contributed by atoms with Gasteiger partial charge in [0.1, 0.15) is 11.5 Å². The third-order valence-corrected chi connectivity index (χ3v) is 6.12. The van der Waals surface area contributed by atoms with Crippen LogP contribution in [0.1, 0.15) is 50.7 Å². The van der Waals surface area contributed by atoms with Crippen molar-refractivity contribution in [3.63, 3.8) is 0 Å². The zero-order valence-electron chi connectivity index (χ0n) is 16.7. The number of aryl methyl sites for hydroxylation is 1. The number of hydrogen-bond acceptors (Lipinski definition) is 4. The van der Waals surface area contributed by atoms with E-state index in [1.807, 2.05) is 6.92 Å². The van der Waals surface area contributed by atoms with Gasteiger partial charge in [-0.25, -0.2) is 8.78 Å². The molecule has 2 saturated heterocycles. The van der Waals surface area contributed by atoms with Crippen LogP contribution >= 0.6 is 11.6 Å². The summed E-state index contributed by atoms with van der Waals surface area (Å²) in [5.74, 6) is -4.35. The van der Waals surface area contributed by atoms with Crippen LogP contribution in [-0.2, 0) is 0 Å². The molecule has 2 N–H and O–H groups in total. The number of carbonyl (C=O) groups is 2. The fraction of sp³-hybridized carbons (Fsp3) is 0.364. The Kier molecular flexibility index (Phi) is 5.29. The number of phenols is 2. The normalized spacial score (nSPS) is 19.9. The molecule has 2 fully saturated rings. The Morgan fingerprint density at radius 3 is 2.45 bits per heavy atom. The van der Waals surface area contributed by atoms with Crippen LogP contribution in [0.25, 0.3) is 0 Å². The van der Waals surface area contributed by atoms with Gasteiger partial charge in [0.15, 0.2) is 0 Å². The van der Waals surface area contributed by atoms with Crippen LogP contribution in [-0.4, -0.2) is 57.4 Å². The van der Waals surface area contributed by atoms with Crippen molar-refractivity contribution in [1.29, 1.82) is 0 Å². The molecular formula is C22H21ClF2N2O4. The Morgan fingerprint density at radius 2 is 1.81 bits per heavy atom. The van der Waals surface area contributed by atoms with Crippen molar-refractivity contribution in [2.24, 2.45) is 0 Å². The van der Waals surface area contributed by atoms with Crippen molar-refractivity contribution in [2.75, 3.05) is 19.6 Å². The van der Waals surface area contributed by atoms with Crippen LogP contribution < -0.4 is 0 Å². The predicted octanol–water partition coefficient (Wildman–Crippen LogP) is 4.13. The number of rotatable bonds is 3. The van der Waals surface area contributed by atoms with Crippen molar-refractivity contribution < 1.29 is 28.6 Å². The monoisotopic (exact) mass is 450 g/mol. The van der Waals surface area contributed by atoms with Crippen molar-refractivity contribution in [2.45, 2.75) is 31.7 Å². The molecule has 6 nitrogen and oxygen atoms in total. The van der Waals surface area contributed by atoms with Gasteiger partial charge >= 0.3 is 0 Å². The highest BCUT2D eigenvalue weighted by Crippen LogP contribution is 2.38. The van der Waals surface area contributed by atoms with Crippen molar-refractivity contribution >= 4 is 23.4 Å². The van der Waals surface area contributed by atoms with E-state index in [0.717, 1.165) is 28.5 Å². The molecule has 9 heteroatoms. The van der Waals surface area contributed by atoms with Gasteiger partial charge in [0.05, 0.1) is 29.7 Å². The second kappa shape index (κ2) is 7.67. The Morgan fingerprint density at radius 1 is 1.10 bits per heavy atom. The first-order valence-corrected chi connectivity index (χ1v) is 10.3. The molecule has 164 valence electrons. The first-order chi connectivity index (χ1) is 14.6. The molecule has 0 saturated carbocycles. The average Bonchev–Trinajstić information content (AvgIpc) is 3.17. The molecule has 0 spiro atoms. The summed E-state index contributed by atoms with van der Waals surface area (Å²) in [5.41, 5.74) is 1.95. The topological polar surface area (TPSA) is 81.1 Å². The first-order valence-electron chi connectivity index (χ1n) is 9.87. The SMILES string of the molecule is Cc1cc(C(=O)N2CC(F)(F)C2)ccc1[C@H]1CCCN1C(=O)c1cc(Cl)c(O)cc1O. The molecular weight excluding hydrogens is 430 g/mol. The maximum atomic E-state index is 13.1. The van der Waals surface area contributed by atoms with Gasteiger partial charge in [-0.3, -0.25) is 9.59 Å². The second-order valence-corrected chi connectivity index (χ2v) is 8.47. The molecule has 2 amide bonds. The average molecular weight is 451 g/mol. The molecule has 2 heterocycles.